The molecule has 33 heavy (non-hydrogen) atoms. The number of aliphatic hydroxyl groups excluding tert-OH is 3. The minimum Gasteiger partial charge on any atom is -0.445 e. The zero-order valence-electron chi connectivity index (χ0n) is 18.8. The lowest BCUT2D eigenvalue weighted by atomic mass is 9.74. The molecule has 3 rings (SSSR count). The Balaban J connectivity index is 1.65. The van der Waals surface area contributed by atoms with Crippen LogP contribution in [0.4, 0.5) is 4.79 Å². The molecule has 6 atom stereocenters. The quantitative estimate of drug-likeness (QED) is 0.411. The number of nitrogens with one attached hydrogen (secondary N) is 1. The van der Waals surface area contributed by atoms with Gasteiger partial charge >= 0.3 is 6.09 Å². The van der Waals surface area contributed by atoms with Gasteiger partial charge in [-0.2, -0.15) is 0 Å². The van der Waals surface area contributed by atoms with Crippen molar-refractivity contribution in [3.05, 3.63) is 83.9 Å². The van der Waals surface area contributed by atoms with E-state index in [0.717, 1.165) is 11.1 Å². The van der Waals surface area contributed by atoms with Crippen LogP contribution in [0.25, 0.3) is 0 Å². The van der Waals surface area contributed by atoms with E-state index < -0.39 is 36.4 Å². The van der Waals surface area contributed by atoms with Crippen molar-refractivity contribution in [3.63, 3.8) is 0 Å². The maximum atomic E-state index is 12.5. The molecule has 0 bridgehead atoms. The number of aliphatic hydroxyl groups is 3. The van der Waals surface area contributed by atoms with E-state index in [9.17, 15) is 20.1 Å². The van der Waals surface area contributed by atoms with Crippen LogP contribution in [0.1, 0.15) is 24.5 Å². The van der Waals surface area contributed by atoms with Gasteiger partial charge in [0.1, 0.15) is 12.7 Å². The summed E-state index contributed by atoms with van der Waals surface area (Å²) in [6.07, 6.45) is -0.0371. The van der Waals surface area contributed by atoms with Crippen LogP contribution in [0.3, 0.4) is 0 Å². The molecule has 4 N–H and O–H groups in total. The zero-order valence-corrected chi connectivity index (χ0v) is 18.8. The molecule has 2 aromatic carbocycles. The average Bonchev–Trinajstić information content (AvgIpc) is 2.83. The molecule has 1 unspecified atom stereocenters. The van der Waals surface area contributed by atoms with Crippen molar-refractivity contribution in [2.24, 2.45) is 11.8 Å². The molecule has 0 aromatic heterocycles. The summed E-state index contributed by atoms with van der Waals surface area (Å²) in [5, 5.41) is 33.9. The molecule has 1 aliphatic carbocycles. The summed E-state index contributed by atoms with van der Waals surface area (Å²) in [5.74, 6) is -0.749. The smallest absolute Gasteiger partial charge is 0.407 e. The first-order chi connectivity index (χ1) is 16.0. The van der Waals surface area contributed by atoms with E-state index in [4.69, 9.17) is 9.47 Å². The topological polar surface area (TPSA) is 108 Å². The highest BCUT2D eigenvalue weighted by molar-refractivity contribution is 5.68. The number of alkyl carbamates (subject to hydrolysis) is 1. The van der Waals surface area contributed by atoms with Gasteiger partial charge in [-0.3, -0.25) is 0 Å². The number of benzene rings is 2. The number of ether oxygens (including phenoxy) is 2. The number of allylic oxidation sites excluding steroid dienone is 1. The number of hydrogen-bond donors (Lipinski definition) is 4. The third kappa shape index (κ3) is 7.40. The number of amides is 1. The van der Waals surface area contributed by atoms with Gasteiger partial charge in [-0.15, -0.1) is 0 Å². The second-order valence-electron chi connectivity index (χ2n) is 8.46. The molecule has 7 heteroatoms. The van der Waals surface area contributed by atoms with Gasteiger partial charge in [0.15, 0.2) is 0 Å². The highest BCUT2D eigenvalue weighted by Crippen LogP contribution is 2.31. The molecule has 0 aliphatic heterocycles. The molecule has 7 nitrogen and oxygen atoms in total. The predicted octanol–water partition coefficient (Wildman–Crippen LogP) is 2.79. The lowest BCUT2D eigenvalue weighted by molar-refractivity contribution is -0.0976. The molecule has 1 amide bonds. The minimum atomic E-state index is -1.36. The Labute approximate surface area is 194 Å². The first kappa shape index (κ1) is 24.9. The monoisotopic (exact) mass is 455 g/mol. The average molecular weight is 456 g/mol. The third-order valence-electron chi connectivity index (χ3n) is 5.92. The number of carbonyl (C=O) groups is 1. The summed E-state index contributed by atoms with van der Waals surface area (Å²) in [4.78, 5) is 12.5. The van der Waals surface area contributed by atoms with Gasteiger partial charge in [-0.25, -0.2) is 4.79 Å². The second kappa shape index (κ2) is 12.5. The van der Waals surface area contributed by atoms with Crippen LogP contribution in [0.2, 0.25) is 0 Å². The van der Waals surface area contributed by atoms with E-state index >= 15 is 0 Å². The Bertz CT molecular complexity index is 873. The van der Waals surface area contributed by atoms with Crippen LogP contribution in [0.15, 0.2) is 72.8 Å². The van der Waals surface area contributed by atoms with Crippen LogP contribution in [0.5, 0.6) is 0 Å². The van der Waals surface area contributed by atoms with E-state index in [1.165, 1.54) is 6.92 Å². The molecule has 0 saturated carbocycles. The molecule has 0 spiro atoms. The van der Waals surface area contributed by atoms with E-state index in [1.807, 2.05) is 66.7 Å². The standard InChI is InChI=1S/C26H33NO6/c1-18(28)24(29)25(30)23-21(17-32-15-19-9-4-2-5-10-19)13-8-14-22(23)27-26(31)33-16-20-11-6-3-7-12-20/h2-12,14,18,21-25,28-30H,13,15-17H2,1H3,(H,27,31)/t18-,21+,22-,23+,24-,25?/m1/s1. The molecule has 178 valence electrons. The molecular weight excluding hydrogens is 422 g/mol. The minimum absolute atomic E-state index is 0.121. The van der Waals surface area contributed by atoms with Crippen molar-refractivity contribution < 1.29 is 29.6 Å². The molecule has 1 aliphatic rings. The Hall–Kier alpha value is -2.71. The fourth-order valence-corrected chi connectivity index (χ4v) is 4.11. The molecule has 2 aromatic rings. The van der Waals surface area contributed by atoms with Crippen molar-refractivity contribution in [3.8, 4) is 0 Å². The maximum absolute atomic E-state index is 12.5. The fourth-order valence-electron chi connectivity index (χ4n) is 4.11. The number of carbonyl (C=O) groups excluding carboxylic acids is 1. The first-order valence-electron chi connectivity index (χ1n) is 11.3. The Morgan fingerprint density at radius 2 is 1.61 bits per heavy atom. The van der Waals surface area contributed by atoms with Gasteiger partial charge in [-0.1, -0.05) is 72.8 Å². The van der Waals surface area contributed by atoms with Crippen molar-refractivity contribution in [2.45, 2.75) is 50.9 Å². The SMILES string of the molecule is C[C@@H](O)[C@@H](O)C(O)[C@H]1[C@H](COCc2ccccc2)CC=C[C@H]1NC(=O)OCc1ccccc1. The van der Waals surface area contributed by atoms with E-state index in [-0.39, 0.29) is 12.5 Å². The third-order valence-corrected chi connectivity index (χ3v) is 5.92. The fraction of sp³-hybridized carbons (Fsp3) is 0.423. The largest absolute Gasteiger partial charge is 0.445 e. The molecular formula is C26H33NO6. The number of rotatable bonds is 10. The predicted molar refractivity (Wildman–Crippen MR) is 124 cm³/mol. The summed E-state index contributed by atoms with van der Waals surface area (Å²) in [5.41, 5.74) is 1.89. The Morgan fingerprint density at radius 3 is 2.21 bits per heavy atom. The highest BCUT2D eigenvalue weighted by Gasteiger charge is 2.41. The van der Waals surface area contributed by atoms with Crippen LogP contribution < -0.4 is 5.32 Å². The summed E-state index contributed by atoms with van der Waals surface area (Å²) in [7, 11) is 0. The van der Waals surface area contributed by atoms with Crippen molar-refractivity contribution in [2.75, 3.05) is 6.61 Å². The normalized spacial score (nSPS) is 22.8. The van der Waals surface area contributed by atoms with E-state index in [1.54, 1.807) is 6.08 Å². The van der Waals surface area contributed by atoms with Gasteiger partial charge in [0.2, 0.25) is 0 Å². The van der Waals surface area contributed by atoms with Gasteiger partial charge in [0.25, 0.3) is 0 Å². The van der Waals surface area contributed by atoms with Crippen LogP contribution >= 0.6 is 0 Å². The molecule has 0 heterocycles. The molecule has 0 radical (unpaired) electrons. The lowest BCUT2D eigenvalue weighted by Gasteiger charge is -2.40. The van der Waals surface area contributed by atoms with E-state index in [0.29, 0.717) is 19.6 Å². The second-order valence-corrected chi connectivity index (χ2v) is 8.46. The first-order valence-corrected chi connectivity index (χ1v) is 11.3. The van der Waals surface area contributed by atoms with Gasteiger partial charge in [-0.05, 0) is 30.4 Å². The van der Waals surface area contributed by atoms with Crippen molar-refractivity contribution in [1.29, 1.82) is 0 Å². The van der Waals surface area contributed by atoms with Crippen molar-refractivity contribution in [1.82, 2.24) is 5.32 Å². The van der Waals surface area contributed by atoms with E-state index in [2.05, 4.69) is 5.32 Å². The Morgan fingerprint density at radius 1 is 1.00 bits per heavy atom. The van der Waals surface area contributed by atoms with Crippen LogP contribution in [0, 0.1) is 11.8 Å². The highest BCUT2D eigenvalue weighted by atomic mass is 16.5. The number of hydrogen-bond acceptors (Lipinski definition) is 6. The van der Waals surface area contributed by atoms with Crippen LogP contribution in [-0.4, -0.2) is 52.4 Å². The summed E-state index contributed by atoms with van der Waals surface area (Å²) < 4.78 is 11.2. The van der Waals surface area contributed by atoms with Gasteiger partial charge in [0.05, 0.1) is 31.5 Å². The molecule has 0 fully saturated rings. The molecule has 0 saturated heterocycles. The lowest BCUT2D eigenvalue weighted by Crippen LogP contribution is -2.54. The summed E-state index contributed by atoms with van der Waals surface area (Å²) >= 11 is 0. The summed E-state index contributed by atoms with van der Waals surface area (Å²) in [6.45, 7) is 2.28. The van der Waals surface area contributed by atoms with Gasteiger partial charge in [0, 0.05) is 5.92 Å². The Kier molecular flexibility index (Phi) is 9.45. The van der Waals surface area contributed by atoms with Gasteiger partial charge < -0.3 is 30.1 Å². The maximum Gasteiger partial charge on any atom is 0.407 e. The summed E-state index contributed by atoms with van der Waals surface area (Å²) in [6, 6.07) is 18.5. The van der Waals surface area contributed by atoms with Crippen molar-refractivity contribution >= 4 is 6.09 Å². The van der Waals surface area contributed by atoms with Crippen LogP contribution in [-0.2, 0) is 22.7 Å². The zero-order chi connectivity index (χ0) is 23.6.